The van der Waals surface area contributed by atoms with Crippen molar-refractivity contribution in [1.29, 1.82) is 0 Å². The molecule has 1 aliphatic heterocycles. The van der Waals surface area contributed by atoms with Crippen molar-refractivity contribution in [2.45, 2.75) is 52.9 Å². The lowest BCUT2D eigenvalue weighted by molar-refractivity contribution is -0.134. The Morgan fingerprint density at radius 2 is 2.11 bits per heavy atom. The van der Waals surface area contributed by atoms with Crippen molar-refractivity contribution in [3.05, 3.63) is 22.4 Å². The molecule has 0 aliphatic carbocycles. The number of rotatable bonds is 2. The first-order valence-corrected chi connectivity index (χ1v) is 7.32. The van der Waals surface area contributed by atoms with Crippen LogP contribution in [0.2, 0.25) is 0 Å². The van der Waals surface area contributed by atoms with Gasteiger partial charge in [-0.3, -0.25) is 10.1 Å². The van der Waals surface area contributed by atoms with Crippen molar-refractivity contribution < 1.29 is 4.79 Å². The summed E-state index contributed by atoms with van der Waals surface area (Å²) in [5, 5.41) is 5.46. The molecule has 1 aliphatic rings. The van der Waals surface area contributed by atoms with Crippen molar-refractivity contribution in [3.63, 3.8) is 0 Å². The van der Waals surface area contributed by atoms with E-state index in [0.29, 0.717) is 0 Å². The minimum Gasteiger partial charge on any atom is -0.318 e. The maximum atomic E-state index is 12.4. The molecule has 3 atom stereocenters. The average Bonchev–Trinajstić information content (AvgIpc) is 2.86. The molecule has 3 unspecified atom stereocenters. The van der Waals surface area contributed by atoms with Gasteiger partial charge in [0.2, 0.25) is 5.91 Å². The number of hydrogen-bond donors (Lipinski definition) is 1. The molecule has 1 aromatic rings. The van der Waals surface area contributed by atoms with Gasteiger partial charge in [0.1, 0.15) is 6.17 Å². The van der Waals surface area contributed by atoms with Gasteiger partial charge in [0.25, 0.3) is 0 Å². The molecule has 18 heavy (non-hydrogen) atoms. The Hall–Kier alpha value is -0.870. The summed E-state index contributed by atoms with van der Waals surface area (Å²) in [6.07, 6.45) is 0.0294. The van der Waals surface area contributed by atoms with Crippen molar-refractivity contribution in [1.82, 2.24) is 10.2 Å². The van der Waals surface area contributed by atoms with E-state index in [0.717, 1.165) is 0 Å². The third kappa shape index (κ3) is 2.31. The normalized spacial score (nSPS) is 26.7. The van der Waals surface area contributed by atoms with Crippen LogP contribution in [0.4, 0.5) is 0 Å². The minimum absolute atomic E-state index is 0.0294. The average molecular weight is 266 g/mol. The number of thiophene rings is 1. The molecule has 2 rings (SSSR count). The van der Waals surface area contributed by atoms with Gasteiger partial charge in [0, 0.05) is 10.9 Å². The minimum atomic E-state index is -0.0955. The fourth-order valence-corrected chi connectivity index (χ4v) is 3.02. The maximum absolute atomic E-state index is 12.4. The van der Waals surface area contributed by atoms with Crippen LogP contribution in [0.3, 0.4) is 0 Å². The van der Waals surface area contributed by atoms with Gasteiger partial charge in [0.05, 0.1) is 6.04 Å². The van der Waals surface area contributed by atoms with E-state index >= 15 is 0 Å². The first-order valence-electron chi connectivity index (χ1n) is 6.44. The summed E-state index contributed by atoms with van der Waals surface area (Å²) in [7, 11) is 0. The van der Waals surface area contributed by atoms with Gasteiger partial charge in [-0.15, -0.1) is 11.3 Å². The quantitative estimate of drug-likeness (QED) is 0.892. The van der Waals surface area contributed by atoms with Crippen LogP contribution in [-0.4, -0.2) is 22.9 Å². The van der Waals surface area contributed by atoms with Gasteiger partial charge in [-0.25, -0.2) is 0 Å². The van der Waals surface area contributed by atoms with Gasteiger partial charge in [-0.05, 0) is 30.7 Å². The second kappa shape index (κ2) is 4.67. The summed E-state index contributed by atoms with van der Waals surface area (Å²) < 4.78 is 0. The van der Waals surface area contributed by atoms with Crippen LogP contribution in [0.5, 0.6) is 0 Å². The molecular weight excluding hydrogens is 244 g/mol. The third-order valence-electron chi connectivity index (χ3n) is 3.79. The third-order valence-corrected chi connectivity index (χ3v) is 4.72. The largest absolute Gasteiger partial charge is 0.318 e. The Balaban J connectivity index is 2.32. The van der Waals surface area contributed by atoms with Crippen LogP contribution in [0.25, 0.3) is 0 Å². The van der Waals surface area contributed by atoms with E-state index < -0.39 is 0 Å². The molecule has 3 nitrogen and oxygen atoms in total. The molecule has 100 valence electrons. The second-order valence-electron chi connectivity index (χ2n) is 6.09. The maximum Gasteiger partial charge on any atom is 0.241 e. The number of carbonyl (C=O) groups is 1. The summed E-state index contributed by atoms with van der Waals surface area (Å²) in [5.41, 5.74) is 0.0803. The van der Waals surface area contributed by atoms with Gasteiger partial charge in [0.15, 0.2) is 0 Å². The number of nitrogens with one attached hydrogen (secondary N) is 1. The predicted octanol–water partition coefficient (Wildman–Crippen LogP) is 3.00. The van der Waals surface area contributed by atoms with E-state index in [1.807, 2.05) is 17.9 Å². The van der Waals surface area contributed by atoms with Crippen LogP contribution in [0.15, 0.2) is 17.5 Å². The summed E-state index contributed by atoms with van der Waals surface area (Å²) in [6, 6.07) is 4.24. The highest BCUT2D eigenvalue weighted by Crippen LogP contribution is 2.35. The molecule has 1 aromatic heterocycles. The Morgan fingerprint density at radius 3 is 2.61 bits per heavy atom. The van der Waals surface area contributed by atoms with E-state index in [1.165, 1.54) is 4.88 Å². The van der Waals surface area contributed by atoms with E-state index in [4.69, 9.17) is 0 Å². The van der Waals surface area contributed by atoms with Crippen LogP contribution in [0.1, 0.15) is 45.7 Å². The molecule has 2 heterocycles. The number of hydrogen-bond acceptors (Lipinski definition) is 3. The second-order valence-corrected chi connectivity index (χ2v) is 7.07. The molecule has 0 bridgehead atoms. The first kappa shape index (κ1) is 13.6. The van der Waals surface area contributed by atoms with E-state index in [9.17, 15) is 4.79 Å². The lowest BCUT2D eigenvalue weighted by Crippen LogP contribution is -2.45. The van der Waals surface area contributed by atoms with Crippen LogP contribution in [0, 0.1) is 5.41 Å². The molecule has 1 fully saturated rings. The molecule has 4 heteroatoms. The summed E-state index contributed by atoms with van der Waals surface area (Å²) in [6.45, 7) is 10.6. The summed E-state index contributed by atoms with van der Waals surface area (Å²) in [5.74, 6) is 0.204. The molecule has 0 saturated carbocycles. The number of carbonyl (C=O) groups excluding carboxylic acids is 1. The van der Waals surface area contributed by atoms with Crippen LogP contribution >= 0.6 is 11.3 Å². The Labute approximate surface area is 113 Å². The fraction of sp³-hybridized carbons (Fsp3) is 0.643. The van der Waals surface area contributed by atoms with E-state index in [1.54, 1.807) is 11.3 Å². The van der Waals surface area contributed by atoms with Crippen LogP contribution < -0.4 is 5.32 Å². The van der Waals surface area contributed by atoms with Crippen molar-refractivity contribution in [2.75, 3.05) is 0 Å². The molecule has 0 radical (unpaired) electrons. The van der Waals surface area contributed by atoms with E-state index in [2.05, 4.69) is 44.5 Å². The standard InChI is InChI=1S/C14H22N2OS/c1-9-13(17)16(10(2)14(3,4)5)12(15-9)11-7-6-8-18-11/h6-10,12,15H,1-5H3. The van der Waals surface area contributed by atoms with Gasteiger partial charge in [-0.2, -0.15) is 0 Å². The SMILES string of the molecule is CC1NC(c2cccs2)N(C(C)C(C)(C)C)C1=O. The Morgan fingerprint density at radius 1 is 1.44 bits per heavy atom. The fourth-order valence-electron chi connectivity index (χ4n) is 2.24. The number of amides is 1. The molecule has 0 aromatic carbocycles. The van der Waals surface area contributed by atoms with E-state index in [-0.39, 0.29) is 29.6 Å². The number of nitrogens with zero attached hydrogens (tertiary/aromatic N) is 1. The summed E-state index contributed by atoms with van der Waals surface area (Å²) in [4.78, 5) is 15.6. The monoisotopic (exact) mass is 266 g/mol. The first-order chi connectivity index (χ1) is 8.32. The zero-order chi connectivity index (χ0) is 13.5. The van der Waals surface area contributed by atoms with Crippen molar-refractivity contribution in [3.8, 4) is 0 Å². The van der Waals surface area contributed by atoms with Crippen molar-refractivity contribution in [2.24, 2.45) is 5.41 Å². The topological polar surface area (TPSA) is 32.3 Å². The zero-order valence-electron chi connectivity index (χ0n) is 11.7. The lowest BCUT2D eigenvalue weighted by Gasteiger charge is -2.38. The molecular formula is C14H22N2OS. The molecule has 1 N–H and O–H groups in total. The molecule has 0 spiro atoms. The Kier molecular flexibility index (Phi) is 3.52. The highest BCUT2D eigenvalue weighted by molar-refractivity contribution is 7.10. The van der Waals surface area contributed by atoms with Gasteiger partial charge in [-0.1, -0.05) is 26.8 Å². The molecule has 1 saturated heterocycles. The van der Waals surface area contributed by atoms with Crippen molar-refractivity contribution >= 4 is 17.2 Å². The Bertz CT molecular complexity index is 422. The zero-order valence-corrected chi connectivity index (χ0v) is 12.5. The highest BCUT2D eigenvalue weighted by atomic mass is 32.1. The summed E-state index contributed by atoms with van der Waals surface area (Å²) >= 11 is 1.70. The van der Waals surface area contributed by atoms with Gasteiger partial charge < -0.3 is 4.90 Å². The lowest BCUT2D eigenvalue weighted by atomic mass is 9.86. The highest BCUT2D eigenvalue weighted by Gasteiger charge is 2.43. The molecule has 1 amide bonds. The van der Waals surface area contributed by atoms with Crippen LogP contribution in [-0.2, 0) is 4.79 Å². The smallest absolute Gasteiger partial charge is 0.241 e. The predicted molar refractivity (Wildman–Crippen MR) is 75.4 cm³/mol. The van der Waals surface area contributed by atoms with Gasteiger partial charge >= 0.3 is 0 Å².